The summed E-state index contributed by atoms with van der Waals surface area (Å²) in [5.41, 5.74) is 4.20. The van der Waals surface area contributed by atoms with E-state index in [9.17, 15) is 4.79 Å². The maximum atomic E-state index is 12.1. The summed E-state index contributed by atoms with van der Waals surface area (Å²) in [7, 11) is 0. The van der Waals surface area contributed by atoms with E-state index in [0.717, 1.165) is 6.42 Å². The number of nitriles is 1. The molecule has 1 amide bonds. The predicted molar refractivity (Wildman–Crippen MR) is 82.4 cm³/mol. The summed E-state index contributed by atoms with van der Waals surface area (Å²) < 4.78 is 0. The largest absolute Gasteiger partial charge is 0.356 e. The fourth-order valence-electron chi connectivity index (χ4n) is 3.90. The molecule has 0 bridgehead atoms. The Labute approximate surface area is 129 Å². The van der Waals surface area contributed by atoms with E-state index in [-0.39, 0.29) is 5.91 Å². The number of fused-ring (bicyclic) bond motifs is 2. The minimum Gasteiger partial charge on any atom is -0.356 e. The third-order valence-electron chi connectivity index (χ3n) is 5.19. The Bertz CT molecular complexity index is 786. The Kier molecular flexibility index (Phi) is 2.83. The number of nitrogens with one attached hydrogen (secondary N) is 2. The topological polar surface area (TPSA) is 68.7 Å². The van der Waals surface area contributed by atoms with Gasteiger partial charge in [-0.1, -0.05) is 24.3 Å². The van der Waals surface area contributed by atoms with E-state index in [1.807, 2.05) is 6.07 Å². The van der Waals surface area contributed by atoms with Crippen LogP contribution in [0.25, 0.3) is 0 Å². The molecule has 0 saturated heterocycles. The zero-order valence-corrected chi connectivity index (χ0v) is 12.2. The lowest BCUT2D eigenvalue weighted by Gasteiger charge is -2.12. The van der Waals surface area contributed by atoms with Gasteiger partial charge >= 0.3 is 0 Å². The molecule has 4 rings (SSSR count). The molecule has 0 radical (unpaired) electrons. The first-order chi connectivity index (χ1) is 10.7. The van der Waals surface area contributed by atoms with E-state index in [1.165, 1.54) is 24.0 Å². The van der Waals surface area contributed by atoms with Crippen LogP contribution in [0.5, 0.6) is 0 Å². The molecule has 2 aromatic rings. The Morgan fingerprint density at radius 1 is 1.45 bits per heavy atom. The molecule has 4 heteroatoms. The molecule has 0 unspecified atom stereocenters. The lowest BCUT2D eigenvalue weighted by molar-refractivity contribution is 0.0946. The first kappa shape index (κ1) is 13.1. The molecule has 1 saturated carbocycles. The van der Waals surface area contributed by atoms with Gasteiger partial charge in [0.05, 0.1) is 5.56 Å². The molecule has 22 heavy (non-hydrogen) atoms. The van der Waals surface area contributed by atoms with Crippen LogP contribution in [0.4, 0.5) is 0 Å². The van der Waals surface area contributed by atoms with E-state index in [1.54, 1.807) is 12.3 Å². The third-order valence-corrected chi connectivity index (χ3v) is 5.19. The van der Waals surface area contributed by atoms with Crippen LogP contribution in [-0.2, 0) is 11.8 Å². The number of aromatic amines is 1. The highest BCUT2D eigenvalue weighted by molar-refractivity contribution is 5.92. The summed E-state index contributed by atoms with van der Waals surface area (Å²) >= 11 is 0. The average molecular weight is 291 g/mol. The number of hydrogen-bond acceptors (Lipinski definition) is 2. The van der Waals surface area contributed by atoms with Crippen LogP contribution in [0, 0.1) is 17.2 Å². The van der Waals surface area contributed by atoms with Crippen LogP contribution in [-0.4, -0.2) is 17.4 Å². The maximum absolute atomic E-state index is 12.1. The van der Waals surface area contributed by atoms with E-state index < -0.39 is 0 Å². The van der Waals surface area contributed by atoms with Crippen molar-refractivity contribution >= 4 is 5.91 Å². The number of rotatable bonds is 3. The Morgan fingerprint density at radius 2 is 2.32 bits per heavy atom. The number of benzene rings is 1. The zero-order chi connectivity index (χ0) is 15.2. The first-order valence-electron chi connectivity index (χ1n) is 7.68. The molecule has 1 aromatic heterocycles. The van der Waals surface area contributed by atoms with Crippen molar-refractivity contribution in [3.05, 3.63) is 58.9 Å². The summed E-state index contributed by atoms with van der Waals surface area (Å²) in [6, 6.07) is 12.3. The number of H-pyrrole nitrogens is 1. The van der Waals surface area contributed by atoms with Crippen molar-refractivity contribution in [3.63, 3.8) is 0 Å². The Hall–Kier alpha value is -2.54. The fourth-order valence-corrected chi connectivity index (χ4v) is 3.90. The lowest BCUT2D eigenvalue weighted by Crippen LogP contribution is -2.27. The summed E-state index contributed by atoms with van der Waals surface area (Å²) in [6.45, 7) is 0.702. The van der Waals surface area contributed by atoms with Gasteiger partial charge in [-0.25, -0.2) is 0 Å². The molecular formula is C18H17N3O. The van der Waals surface area contributed by atoms with Crippen LogP contribution in [0.3, 0.4) is 0 Å². The molecular weight excluding hydrogens is 274 g/mol. The van der Waals surface area contributed by atoms with Crippen molar-refractivity contribution in [2.45, 2.75) is 24.7 Å². The molecule has 4 nitrogen and oxygen atoms in total. The highest BCUT2D eigenvalue weighted by atomic mass is 16.1. The van der Waals surface area contributed by atoms with Crippen molar-refractivity contribution in [1.82, 2.24) is 10.3 Å². The minimum atomic E-state index is -0.130. The van der Waals surface area contributed by atoms with Crippen molar-refractivity contribution in [2.24, 2.45) is 5.92 Å². The van der Waals surface area contributed by atoms with Gasteiger partial charge in [0.1, 0.15) is 11.8 Å². The normalized spacial score (nSPS) is 24.8. The number of amides is 1. The number of carbonyl (C=O) groups is 1. The van der Waals surface area contributed by atoms with Crippen LogP contribution < -0.4 is 5.32 Å². The van der Waals surface area contributed by atoms with Crippen LogP contribution in [0.15, 0.2) is 36.5 Å². The van der Waals surface area contributed by atoms with Gasteiger partial charge in [-0.05, 0) is 42.4 Å². The van der Waals surface area contributed by atoms with Gasteiger partial charge in [0.2, 0.25) is 0 Å². The second-order valence-electron chi connectivity index (χ2n) is 6.34. The smallest absolute Gasteiger partial charge is 0.267 e. The van der Waals surface area contributed by atoms with Crippen molar-refractivity contribution in [2.75, 3.05) is 6.54 Å². The van der Waals surface area contributed by atoms with E-state index in [0.29, 0.717) is 29.1 Å². The molecule has 1 aromatic carbocycles. The summed E-state index contributed by atoms with van der Waals surface area (Å²) in [4.78, 5) is 14.9. The molecule has 2 atom stereocenters. The summed E-state index contributed by atoms with van der Waals surface area (Å²) in [6.07, 6.45) is 5.08. The number of aryl methyl sites for hydroxylation is 1. The van der Waals surface area contributed by atoms with Gasteiger partial charge in [-0.2, -0.15) is 5.26 Å². The predicted octanol–water partition coefficient (Wildman–Crippen LogP) is 2.52. The molecule has 1 heterocycles. The highest BCUT2D eigenvalue weighted by Crippen LogP contribution is 2.61. The number of nitrogens with zero attached hydrogens (tertiary/aromatic N) is 1. The number of hydrogen-bond donors (Lipinski definition) is 2. The lowest BCUT2D eigenvalue weighted by atomic mass is 9.95. The molecule has 2 N–H and O–H groups in total. The summed E-state index contributed by atoms with van der Waals surface area (Å²) in [5, 5.41) is 11.8. The van der Waals surface area contributed by atoms with Crippen LogP contribution in [0.1, 0.15) is 40.0 Å². The molecule has 0 aliphatic heterocycles. The molecule has 1 fully saturated rings. The van der Waals surface area contributed by atoms with Gasteiger partial charge in [0.15, 0.2) is 0 Å². The highest BCUT2D eigenvalue weighted by Gasteiger charge is 2.57. The zero-order valence-electron chi connectivity index (χ0n) is 12.2. The Morgan fingerprint density at radius 3 is 3.14 bits per heavy atom. The van der Waals surface area contributed by atoms with Crippen molar-refractivity contribution in [3.8, 4) is 6.07 Å². The standard InChI is InChI=1S/C18H17N3O/c19-9-12-7-16(20-10-12)17(22)21-11-14-8-18(14)6-5-13-3-1-2-4-15(13)18/h1-4,7,10,14,20H,5-6,8,11H2,(H,21,22)/t14-,18-/m0/s1. The molecule has 2 aliphatic carbocycles. The fraction of sp³-hybridized carbons (Fsp3) is 0.333. The van der Waals surface area contributed by atoms with E-state index >= 15 is 0 Å². The minimum absolute atomic E-state index is 0.130. The SMILES string of the molecule is N#Cc1c[nH]c(C(=O)NC[C@@H]2C[C@@]23CCc2ccccc23)c1. The van der Waals surface area contributed by atoms with Gasteiger partial charge < -0.3 is 10.3 Å². The second-order valence-corrected chi connectivity index (χ2v) is 6.34. The molecule has 2 aliphatic rings. The number of aromatic nitrogens is 1. The van der Waals surface area contributed by atoms with Crippen LogP contribution >= 0.6 is 0 Å². The van der Waals surface area contributed by atoms with Crippen molar-refractivity contribution in [1.29, 1.82) is 5.26 Å². The van der Waals surface area contributed by atoms with Gasteiger partial charge in [0, 0.05) is 18.2 Å². The summed E-state index contributed by atoms with van der Waals surface area (Å²) in [5.74, 6) is 0.403. The van der Waals surface area contributed by atoms with Gasteiger partial charge in [-0.15, -0.1) is 0 Å². The third kappa shape index (κ3) is 1.93. The average Bonchev–Trinajstić information content (AvgIpc) is 2.89. The van der Waals surface area contributed by atoms with Crippen molar-refractivity contribution < 1.29 is 4.79 Å². The first-order valence-corrected chi connectivity index (χ1v) is 7.68. The van der Waals surface area contributed by atoms with E-state index in [4.69, 9.17) is 5.26 Å². The van der Waals surface area contributed by atoms with Gasteiger partial charge in [0.25, 0.3) is 5.91 Å². The van der Waals surface area contributed by atoms with E-state index in [2.05, 4.69) is 34.6 Å². The van der Waals surface area contributed by atoms with Gasteiger partial charge in [-0.3, -0.25) is 4.79 Å². The second kappa shape index (κ2) is 4.74. The monoisotopic (exact) mass is 291 g/mol. The molecule has 1 spiro atoms. The maximum Gasteiger partial charge on any atom is 0.267 e. The van der Waals surface area contributed by atoms with Crippen LogP contribution in [0.2, 0.25) is 0 Å². The quantitative estimate of drug-likeness (QED) is 0.912. The molecule has 110 valence electrons. The Balaban J connectivity index is 1.41. The number of carbonyl (C=O) groups excluding carboxylic acids is 1.